The van der Waals surface area contributed by atoms with Crippen molar-refractivity contribution >= 4 is 27.7 Å². The molecule has 1 N–H and O–H groups in total. The van der Waals surface area contributed by atoms with Crippen molar-refractivity contribution in [1.29, 1.82) is 0 Å². The molecular formula is C20H24N2O4S2. The summed E-state index contributed by atoms with van der Waals surface area (Å²) in [5.74, 6) is 0.462. The van der Waals surface area contributed by atoms with Crippen LogP contribution in [0.25, 0.3) is 0 Å². The zero-order chi connectivity index (χ0) is 20.0. The molecule has 150 valence electrons. The molecule has 0 atom stereocenters. The van der Waals surface area contributed by atoms with Gasteiger partial charge in [0.15, 0.2) is 0 Å². The molecule has 2 aromatic rings. The second-order valence-electron chi connectivity index (χ2n) is 6.46. The molecule has 0 unspecified atom stereocenters. The summed E-state index contributed by atoms with van der Waals surface area (Å²) in [7, 11) is -3.61. The van der Waals surface area contributed by atoms with Gasteiger partial charge in [0.2, 0.25) is 10.0 Å². The molecule has 0 spiro atoms. The molecule has 1 heterocycles. The highest BCUT2D eigenvalue weighted by atomic mass is 32.2. The predicted molar refractivity (Wildman–Crippen MR) is 110 cm³/mol. The van der Waals surface area contributed by atoms with E-state index in [9.17, 15) is 13.2 Å². The summed E-state index contributed by atoms with van der Waals surface area (Å²) in [5, 5.41) is 2.85. The largest absolute Gasteiger partial charge is 0.379 e. The van der Waals surface area contributed by atoms with Crippen molar-refractivity contribution in [3.05, 3.63) is 59.7 Å². The Balaban J connectivity index is 1.56. The fourth-order valence-corrected chi connectivity index (χ4v) is 5.03. The SMILES string of the molecule is Cc1ccc(SCCNC(=O)c2cccc(S(=O)(=O)N3CCOCC3)c2)cc1. The van der Waals surface area contributed by atoms with Crippen molar-refractivity contribution in [1.82, 2.24) is 9.62 Å². The standard InChI is InChI=1S/C20H24N2O4S2/c1-16-5-7-18(8-6-16)27-14-9-21-20(23)17-3-2-4-19(15-17)28(24,25)22-10-12-26-13-11-22/h2-8,15H,9-14H2,1H3,(H,21,23). The zero-order valence-corrected chi connectivity index (χ0v) is 17.4. The Bertz CT molecular complexity index is 908. The Morgan fingerprint density at radius 2 is 1.86 bits per heavy atom. The van der Waals surface area contributed by atoms with Crippen LogP contribution in [0.3, 0.4) is 0 Å². The maximum Gasteiger partial charge on any atom is 0.251 e. The fraction of sp³-hybridized carbons (Fsp3) is 0.350. The molecule has 0 saturated carbocycles. The third kappa shape index (κ3) is 5.35. The van der Waals surface area contributed by atoms with Gasteiger partial charge < -0.3 is 10.1 Å². The van der Waals surface area contributed by atoms with E-state index in [2.05, 4.69) is 29.6 Å². The topological polar surface area (TPSA) is 75.7 Å². The number of carbonyl (C=O) groups is 1. The molecule has 0 bridgehead atoms. The lowest BCUT2D eigenvalue weighted by Gasteiger charge is -2.26. The molecule has 1 saturated heterocycles. The van der Waals surface area contributed by atoms with Gasteiger partial charge in [0.25, 0.3) is 5.91 Å². The maximum atomic E-state index is 12.7. The Morgan fingerprint density at radius 1 is 1.14 bits per heavy atom. The fourth-order valence-electron chi connectivity index (χ4n) is 2.80. The van der Waals surface area contributed by atoms with Gasteiger partial charge in [0.1, 0.15) is 0 Å². The Hall–Kier alpha value is -1.87. The van der Waals surface area contributed by atoms with E-state index in [1.54, 1.807) is 23.9 Å². The molecule has 1 aliphatic heterocycles. The van der Waals surface area contributed by atoms with E-state index in [1.807, 2.05) is 6.92 Å². The molecule has 2 aromatic carbocycles. The number of hydrogen-bond donors (Lipinski definition) is 1. The number of amides is 1. The quantitative estimate of drug-likeness (QED) is 0.550. The van der Waals surface area contributed by atoms with E-state index >= 15 is 0 Å². The Morgan fingerprint density at radius 3 is 2.57 bits per heavy atom. The average molecular weight is 421 g/mol. The molecule has 1 fully saturated rings. The summed E-state index contributed by atoms with van der Waals surface area (Å²) in [5.41, 5.74) is 1.55. The lowest BCUT2D eigenvalue weighted by molar-refractivity contribution is 0.0730. The van der Waals surface area contributed by atoms with Gasteiger partial charge >= 0.3 is 0 Å². The van der Waals surface area contributed by atoms with Crippen LogP contribution in [0.2, 0.25) is 0 Å². The average Bonchev–Trinajstić information content (AvgIpc) is 2.73. The number of nitrogens with zero attached hydrogens (tertiary/aromatic N) is 1. The number of carbonyl (C=O) groups excluding carboxylic acids is 1. The van der Waals surface area contributed by atoms with Crippen molar-refractivity contribution in [2.45, 2.75) is 16.7 Å². The van der Waals surface area contributed by atoms with Crippen molar-refractivity contribution in [3.8, 4) is 0 Å². The monoisotopic (exact) mass is 420 g/mol. The third-order valence-corrected chi connectivity index (χ3v) is 7.29. The zero-order valence-electron chi connectivity index (χ0n) is 15.8. The molecule has 0 aromatic heterocycles. The molecule has 8 heteroatoms. The minimum atomic E-state index is -3.61. The number of rotatable bonds is 7. The minimum Gasteiger partial charge on any atom is -0.379 e. The van der Waals surface area contributed by atoms with E-state index in [0.29, 0.717) is 38.4 Å². The first kappa shape index (κ1) is 20.9. The lowest BCUT2D eigenvalue weighted by Crippen LogP contribution is -2.40. The van der Waals surface area contributed by atoms with Crippen LogP contribution in [0.5, 0.6) is 0 Å². The number of benzene rings is 2. The minimum absolute atomic E-state index is 0.135. The van der Waals surface area contributed by atoms with Gasteiger partial charge in [0.05, 0.1) is 18.1 Å². The van der Waals surface area contributed by atoms with Crippen molar-refractivity contribution in [2.24, 2.45) is 0 Å². The van der Waals surface area contributed by atoms with Gasteiger partial charge in [0, 0.05) is 35.8 Å². The van der Waals surface area contributed by atoms with E-state index < -0.39 is 10.0 Å². The second-order valence-corrected chi connectivity index (χ2v) is 9.57. The molecule has 3 rings (SSSR count). The number of nitrogens with one attached hydrogen (secondary N) is 1. The van der Waals surface area contributed by atoms with Crippen LogP contribution >= 0.6 is 11.8 Å². The first-order valence-electron chi connectivity index (χ1n) is 9.12. The summed E-state index contributed by atoms with van der Waals surface area (Å²) in [4.78, 5) is 13.7. The molecule has 1 aliphatic rings. The first-order chi connectivity index (χ1) is 13.5. The number of aryl methyl sites for hydroxylation is 1. The van der Waals surface area contributed by atoms with Crippen molar-refractivity contribution < 1.29 is 17.9 Å². The molecule has 6 nitrogen and oxygen atoms in total. The predicted octanol–water partition coefficient (Wildman–Crippen LogP) is 2.54. The van der Waals surface area contributed by atoms with Gasteiger partial charge in [-0.15, -0.1) is 11.8 Å². The van der Waals surface area contributed by atoms with Gasteiger partial charge in [-0.05, 0) is 37.3 Å². The van der Waals surface area contributed by atoms with Crippen LogP contribution in [0.1, 0.15) is 15.9 Å². The number of thioether (sulfide) groups is 1. The molecule has 28 heavy (non-hydrogen) atoms. The molecular weight excluding hydrogens is 396 g/mol. The summed E-state index contributed by atoms with van der Waals surface area (Å²) < 4.78 is 32.1. The smallest absolute Gasteiger partial charge is 0.251 e. The first-order valence-corrected chi connectivity index (χ1v) is 11.5. The summed E-state index contributed by atoms with van der Waals surface area (Å²) >= 11 is 1.66. The maximum absolute atomic E-state index is 12.7. The van der Waals surface area contributed by atoms with Crippen LogP contribution in [0.15, 0.2) is 58.3 Å². The summed E-state index contributed by atoms with van der Waals surface area (Å²) in [6.07, 6.45) is 0. The van der Waals surface area contributed by atoms with Crippen LogP contribution in [0, 0.1) is 6.92 Å². The van der Waals surface area contributed by atoms with Gasteiger partial charge in [-0.25, -0.2) is 8.42 Å². The summed E-state index contributed by atoms with van der Waals surface area (Å²) in [6.45, 7) is 3.97. The van der Waals surface area contributed by atoms with Crippen molar-refractivity contribution in [2.75, 3.05) is 38.6 Å². The molecule has 0 aliphatic carbocycles. The van der Waals surface area contributed by atoms with Crippen LogP contribution < -0.4 is 5.32 Å². The van der Waals surface area contributed by atoms with E-state index in [-0.39, 0.29) is 10.8 Å². The highest BCUT2D eigenvalue weighted by Crippen LogP contribution is 2.19. The molecule has 1 amide bonds. The Labute approximate surface area is 170 Å². The normalized spacial score (nSPS) is 15.3. The molecule has 0 radical (unpaired) electrons. The number of hydrogen-bond acceptors (Lipinski definition) is 5. The highest BCUT2D eigenvalue weighted by molar-refractivity contribution is 7.99. The van der Waals surface area contributed by atoms with Crippen molar-refractivity contribution in [3.63, 3.8) is 0 Å². The third-order valence-electron chi connectivity index (χ3n) is 4.38. The Kier molecular flexibility index (Phi) is 7.12. The highest BCUT2D eigenvalue weighted by Gasteiger charge is 2.26. The van der Waals surface area contributed by atoms with E-state index in [1.165, 1.54) is 22.0 Å². The van der Waals surface area contributed by atoms with Gasteiger partial charge in [-0.2, -0.15) is 4.31 Å². The number of ether oxygens (including phenoxy) is 1. The van der Waals surface area contributed by atoms with Gasteiger partial charge in [-0.3, -0.25) is 4.79 Å². The lowest BCUT2D eigenvalue weighted by atomic mass is 10.2. The summed E-state index contributed by atoms with van der Waals surface area (Å²) in [6, 6.07) is 14.4. The number of sulfonamides is 1. The van der Waals surface area contributed by atoms with E-state index in [0.717, 1.165) is 10.6 Å². The van der Waals surface area contributed by atoms with Gasteiger partial charge in [-0.1, -0.05) is 23.8 Å². The van der Waals surface area contributed by atoms with Crippen LogP contribution in [0.4, 0.5) is 0 Å². The second kappa shape index (κ2) is 9.56. The van der Waals surface area contributed by atoms with E-state index in [4.69, 9.17) is 4.74 Å². The van der Waals surface area contributed by atoms with Crippen LogP contribution in [-0.4, -0.2) is 57.2 Å². The van der Waals surface area contributed by atoms with Crippen LogP contribution in [-0.2, 0) is 14.8 Å². The number of morpholine rings is 1.